The van der Waals surface area contributed by atoms with E-state index in [1.807, 2.05) is 12.1 Å². The van der Waals surface area contributed by atoms with Crippen LogP contribution in [-0.2, 0) is 16.1 Å². The summed E-state index contributed by atoms with van der Waals surface area (Å²) in [4.78, 5) is 52.5. The fourth-order valence-electron chi connectivity index (χ4n) is 9.88. The van der Waals surface area contributed by atoms with Crippen LogP contribution in [-0.4, -0.2) is 105 Å². The van der Waals surface area contributed by atoms with Crippen LogP contribution < -0.4 is 24.8 Å². The first kappa shape index (κ1) is 37.3. The van der Waals surface area contributed by atoms with Crippen molar-refractivity contribution in [1.82, 2.24) is 20.1 Å². The number of piperazine rings is 1. The zero-order valence-corrected chi connectivity index (χ0v) is 33.2. The van der Waals surface area contributed by atoms with E-state index < -0.39 is 11.9 Å². The first-order valence-electron chi connectivity index (χ1n) is 20.4. The minimum absolute atomic E-state index is 0.213. The lowest BCUT2D eigenvalue weighted by atomic mass is 9.89. The summed E-state index contributed by atoms with van der Waals surface area (Å²) in [6, 6.07) is 19.0. The van der Waals surface area contributed by atoms with Gasteiger partial charge in [0, 0.05) is 101 Å². The lowest BCUT2D eigenvalue weighted by molar-refractivity contribution is -0.136. The van der Waals surface area contributed by atoms with Gasteiger partial charge in [0.1, 0.15) is 17.9 Å². The summed E-state index contributed by atoms with van der Waals surface area (Å²) >= 11 is 6.46. The highest BCUT2D eigenvalue weighted by molar-refractivity contribution is 6.36. The summed E-state index contributed by atoms with van der Waals surface area (Å²) in [5.74, 6) is 0.850. The number of amides is 3. The molecule has 0 bridgehead atoms. The zero-order valence-electron chi connectivity index (χ0n) is 32.4. The van der Waals surface area contributed by atoms with Crippen molar-refractivity contribution in [3.05, 3.63) is 82.0 Å². The number of piperidine rings is 3. The van der Waals surface area contributed by atoms with Crippen LogP contribution >= 0.6 is 11.6 Å². The maximum Gasteiger partial charge on any atom is 0.258 e. The van der Waals surface area contributed by atoms with E-state index >= 15 is 0 Å². The second kappa shape index (κ2) is 15.6. The summed E-state index contributed by atoms with van der Waals surface area (Å²) in [5, 5.41) is 13.3. The molecule has 0 spiro atoms. The number of H-pyrrole nitrogens is 1. The van der Waals surface area contributed by atoms with E-state index in [1.54, 1.807) is 18.2 Å². The Morgan fingerprint density at radius 1 is 0.842 bits per heavy atom. The van der Waals surface area contributed by atoms with E-state index in [-0.39, 0.29) is 18.2 Å². The molecule has 9 rings (SSSR count). The average molecular weight is 789 g/mol. The van der Waals surface area contributed by atoms with Crippen molar-refractivity contribution < 1.29 is 19.1 Å². The topological polar surface area (TPSA) is 128 Å². The standard InChI is InChI=1S/C44H49ClN8O4/c1-57-38-23-34(22-31-27-53(44(56)41(31)38)37-8-9-39(54)48-43(37)55)51-20-18-49(19-21-51)26-28-10-14-50(15-11-28)33-4-2-29(3-5-33)30-12-16-52(17-13-30)36-7-6-35(45)40-32(24-46)25-47-42(36)40/h2-7,22-23,25,28,30,37,47H,8-21,26-27H2,1H3,(H,48,54,55)/t37-/m1/s1. The largest absolute Gasteiger partial charge is 0.496 e. The van der Waals surface area contributed by atoms with Crippen LogP contribution in [0.2, 0.25) is 5.02 Å². The van der Waals surface area contributed by atoms with Crippen LogP contribution in [0.5, 0.6) is 5.75 Å². The number of anilines is 3. The third-order valence-corrected chi connectivity index (χ3v) is 13.4. The van der Waals surface area contributed by atoms with Crippen molar-refractivity contribution in [3.8, 4) is 11.8 Å². The predicted molar refractivity (Wildman–Crippen MR) is 221 cm³/mol. The summed E-state index contributed by atoms with van der Waals surface area (Å²) in [6.07, 6.45) is 6.88. The Morgan fingerprint density at radius 2 is 1.56 bits per heavy atom. The van der Waals surface area contributed by atoms with Crippen molar-refractivity contribution in [2.75, 3.05) is 80.7 Å². The lowest BCUT2D eigenvalue weighted by Gasteiger charge is -2.40. The van der Waals surface area contributed by atoms with Crippen molar-refractivity contribution in [2.24, 2.45) is 5.92 Å². The molecule has 4 fully saturated rings. The molecule has 0 saturated carbocycles. The molecule has 6 heterocycles. The normalized spacial score (nSPS) is 21.3. The van der Waals surface area contributed by atoms with Crippen LogP contribution in [0.1, 0.15) is 71.5 Å². The van der Waals surface area contributed by atoms with Gasteiger partial charge in [0.15, 0.2) is 0 Å². The molecular weight excluding hydrogens is 740 g/mol. The third kappa shape index (κ3) is 7.16. The molecule has 3 amide bonds. The molecular formula is C44H49ClN8O4. The van der Waals surface area contributed by atoms with Gasteiger partial charge in [-0.1, -0.05) is 23.7 Å². The smallest absolute Gasteiger partial charge is 0.258 e. The van der Waals surface area contributed by atoms with Crippen LogP contribution in [0, 0.1) is 17.2 Å². The predicted octanol–water partition coefficient (Wildman–Crippen LogP) is 5.89. The van der Waals surface area contributed by atoms with Gasteiger partial charge in [0.25, 0.3) is 5.91 Å². The average Bonchev–Trinajstić information content (AvgIpc) is 3.83. The number of nitriles is 1. The number of carbonyl (C=O) groups is 3. The number of ether oxygens (including phenoxy) is 1. The summed E-state index contributed by atoms with van der Waals surface area (Å²) in [5.41, 5.74) is 7.83. The molecule has 0 radical (unpaired) electrons. The minimum Gasteiger partial charge on any atom is -0.496 e. The van der Waals surface area contributed by atoms with Crippen LogP contribution in [0.15, 0.2) is 54.7 Å². The minimum atomic E-state index is -0.646. The second-order valence-corrected chi connectivity index (χ2v) is 16.7. The van der Waals surface area contributed by atoms with Crippen molar-refractivity contribution in [1.29, 1.82) is 5.26 Å². The number of halogens is 1. The monoisotopic (exact) mass is 788 g/mol. The summed E-state index contributed by atoms with van der Waals surface area (Å²) < 4.78 is 5.71. The Labute approximate surface area is 338 Å². The maximum atomic E-state index is 13.4. The number of fused-ring (bicyclic) bond motifs is 2. The number of rotatable bonds is 8. The van der Waals surface area contributed by atoms with Gasteiger partial charge in [-0.25, -0.2) is 0 Å². The molecule has 4 saturated heterocycles. The van der Waals surface area contributed by atoms with E-state index in [0.717, 1.165) is 99.6 Å². The molecule has 0 aliphatic carbocycles. The maximum absolute atomic E-state index is 13.4. The van der Waals surface area contributed by atoms with Gasteiger partial charge in [-0.3, -0.25) is 24.6 Å². The van der Waals surface area contributed by atoms with Crippen molar-refractivity contribution in [3.63, 3.8) is 0 Å². The summed E-state index contributed by atoms with van der Waals surface area (Å²) in [7, 11) is 1.59. The van der Waals surface area contributed by atoms with Crippen molar-refractivity contribution >= 4 is 57.3 Å². The zero-order chi connectivity index (χ0) is 39.2. The number of hydrogen-bond donors (Lipinski definition) is 2. The number of aromatic nitrogens is 1. The molecule has 5 aliphatic rings. The first-order chi connectivity index (χ1) is 27.8. The molecule has 1 atom stereocenters. The number of hydrogen-bond acceptors (Lipinski definition) is 9. The van der Waals surface area contributed by atoms with Gasteiger partial charge in [-0.15, -0.1) is 0 Å². The Balaban J connectivity index is 0.740. The van der Waals surface area contributed by atoms with E-state index in [1.165, 1.54) is 24.1 Å². The highest BCUT2D eigenvalue weighted by atomic mass is 35.5. The molecule has 4 aromatic rings. The Morgan fingerprint density at radius 3 is 2.26 bits per heavy atom. The van der Waals surface area contributed by atoms with Gasteiger partial charge in [0.2, 0.25) is 11.8 Å². The third-order valence-electron chi connectivity index (χ3n) is 13.1. The SMILES string of the molecule is COc1cc(N2CCN(CC3CCN(c4ccc(C5CCN(c6ccc(Cl)c7c(C#N)c[nH]c67)CC5)cc4)CC3)CC2)cc2c1C(=O)N([C@@H]1CCC(=O)NC1=O)C2. The van der Waals surface area contributed by atoms with E-state index in [2.05, 4.69) is 72.4 Å². The van der Waals surface area contributed by atoms with Crippen LogP contribution in [0.3, 0.4) is 0 Å². The van der Waals surface area contributed by atoms with E-state index in [0.29, 0.717) is 46.7 Å². The number of nitrogens with zero attached hydrogens (tertiary/aromatic N) is 6. The van der Waals surface area contributed by atoms with Crippen LogP contribution in [0.25, 0.3) is 10.9 Å². The molecule has 2 N–H and O–H groups in total. The number of nitrogens with one attached hydrogen (secondary N) is 2. The van der Waals surface area contributed by atoms with Gasteiger partial charge < -0.3 is 29.3 Å². The molecule has 12 nitrogen and oxygen atoms in total. The molecule has 1 aromatic heterocycles. The van der Waals surface area contributed by atoms with E-state index in [4.69, 9.17) is 16.3 Å². The van der Waals surface area contributed by atoms with E-state index in [9.17, 15) is 19.6 Å². The van der Waals surface area contributed by atoms with Gasteiger partial charge >= 0.3 is 0 Å². The molecule has 3 aromatic carbocycles. The fraction of sp³-hybridized carbons (Fsp3) is 0.455. The highest BCUT2D eigenvalue weighted by Gasteiger charge is 2.41. The molecule has 5 aliphatic heterocycles. The summed E-state index contributed by atoms with van der Waals surface area (Å²) in [6.45, 7) is 9.31. The van der Waals surface area contributed by atoms with Gasteiger partial charge in [-0.05, 0) is 85.4 Å². The number of benzene rings is 3. The quantitative estimate of drug-likeness (QED) is 0.210. The van der Waals surface area contributed by atoms with Crippen LogP contribution in [0.4, 0.5) is 17.1 Å². The molecule has 13 heteroatoms. The number of imide groups is 1. The van der Waals surface area contributed by atoms with Gasteiger partial charge in [0.05, 0.1) is 34.5 Å². The Kier molecular flexibility index (Phi) is 10.2. The van der Waals surface area contributed by atoms with Crippen molar-refractivity contribution in [2.45, 2.75) is 57.0 Å². The molecule has 57 heavy (non-hydrogen) atoms. The molecule has 296 valence electrons. The highest BCUT2D eigenvalue weighted by Crippen LogP contribution is 2.39. The lowest BCUT2D eigenvalue weighted by Crippen LogP contribution is -2.52. The number of carbonyl (C=O) groups excluding carboxylic acids is 3. The van der Waals surface area contributed by atoms with Gasteiger partial charge in [-0.2, -0.15) is 5.26 Å². The number of aromatic amines is 1. The fourth-order valence-corrected chi connectivity index (χ4v) is 10.1. The second-order valence-electron chi connectivity index (χ2n) is 16.3. The Hall–Kier alpha value is -5.25. The number of methoxy groups -OCH3 is 1. The first-order valence-corrected chi connectivity index (χ1v) is 20.8. The molecule has 0 unspecified atom stereocenters. The Bertz CT molecular complexity index is 2230.